The first-order chi connectivity index (χ1) is 10.9. The van der Waals surface area contributed by atoms with E-state index >= 15 is 0 Å². The molecule has 1 unspecified atom stereocenters. The monoisotopic (exact) mass is 323 g/mol. The first-order valence-electron chi connectivity index (χ1n) is 7.40. The standard InChI is InChI=1S/C15H18FN3O4/c1-9(20)17-14(10-4-2-3-5-10)15(21)18-11-6-7-12(16)13(8-11)19(22)23/h6-8,10,14H,2-5H2,1H3,(H,17,20)(H,18,21). The lowest BCUT2D eigenvalue weighted by Gasteiger charge is -2.23. The first-order valence-corrected chi connectivity index (χ1v) is 7.40. The summed E-state index contributed by atoms with van der Waals surface area (Å²) in [6, 6.07) is 2.45. The minimum absolute atomic E-state index is 0.0364. The van der Waals surface area contributed by atoms with Crippen LogP contribution < -0.4 is 10.6 Å². The van der Waals surface area contributed by atoms with Gasteiger partial charge in [0.15, 0.2) is 0 Å². The van der Waals surface area contributed by atoms with Gasteiger partial charge >= 0.3 is 5.69 Å². The molecule has 0 spiro atoms. The summed E-state index contributed by atoms with van der Waals surface area (Å²) in [5.74, 6) is -1.70. The van der Waals surface area contributed by atoms with Crippen LogP contribution in [0.5, 0.6) is 0 Å². The van der Waals surface area contributed by atoms with Gasteiger partial charge in [0, 0.05) is 18.7 Å². The topological polar surface area (TPSA) is 101 Å². The predicted molar refractivity (Wildman–Crippen MR) is 81.2 cm³/mol. The summed E-state index contributed by atoms with van der Waals surface area (Å²) < 4.78 is 13.3. The molecule has 0 heterocycles. The second-order valence-corrected chi connectivity index (χ2v) is 5.64. The third-order valence-corrected chi connectivity index (χ3v) is 3.92. The molecule has 1 aliphatic carbocycles. The summed E-state index contributed by atoms with van der Waals surface area (Å²) in [6.07, 6.45) is 3.66. The Hall–Kier alpha value is -2.51. The number of anilines is 1. The minimum Gasteiger partial charge on any atom is -0.344 e. The zero-order valence-corrected chi connectivity index (χ0v) is 12.7. The Labute approximate surface area is 132 Å². The van der Waals surface area contributed by atoms with Gasteiger partial charge < -0.3 is 10.6 Å². The zero-order valence-electron chi connectivity index (χ0n) is 12.7. The molecule has 1 fully saturated rings. The molecule has 0 aliphatic heterocycles. The van der Waals surface area contributed by atoms with E-state index in [2.05, 4.69) is 10.6 Å². The molecule has 7 nitrogen and oxygen atoms in total. The van der Waals surface area contributed by atoms with Crippen LogP contribution >= 0.6 is 0 Å². The second kappa shape index (κ2) is 7.17. The van der Waals surface area contributed by atoms with Crippen molar-refractivity contribution in [3.8, 4) is 0 Å². The van der Waals surface area contributed by atoms with Gasteiger partial charge in [-0.2, -0.15) is 4.39 Å². The Kier molecular flexibility index (Phi) is 5.25. The maximum atomic E-state index is 13.3. The van der Waals surface area contributed by atoms with Crippen LogP contribution in [-0.2, 0) is 9.59 Å². The van der Waals surface area contributed by atoms with E-state index in [-0.39, 0.29) is 17.5 Å². The largest absolute Gasteiger partial charge is 0.344 e. The lowest BCUT2D eigenvalue weighted by Crippen LogP contribution is -2.47. The number of carbonyl (C=O) groups excluding carboxylic acids is 2. The van der Waals surface area contributed by atoms with Gasteiger partial charge in [-0.05, 0) is 30.9 Å². The molecule has 124 valence electrons. The number of hydrogen-bond donors (Lipinski definition) is 2. The summed E-state index contributed by atoms with van der Waals surface area (Å²) in [7, 11) is 0. The van der Waals surface area contributed by atoms with Gasteiger partial charge in [0.25, 0.3) is 0 Å². The Bertz CT molecular complexity index is 629. The van der Waals surface area contributed by atoms with Crippen molar-refractivity contribution in [1.29, 1.82) is 0 Å². The number of nitro benzene ring substituents is 1. The molecular formula is C15H18FN3O4. The van der Waals surface area contributed by atoms with E-state index in [1.165, 1.54) is 13.0 Å². The van der Waals surface area contributed by atoms with Gasteiger partial charge in [0.05, 0.1) is 4.92 Å². The molecule has 1 aromatic carbocycles. The molecule has 0 radical (unpaired) electrons. The molecule has 2 amide bonds. The highest BCUT2D eigenvalue weighted by molar-refractivity contribution is 5.97. The average molecular weight is 323 g/mol. The number of amides is 2. The fourth-order valence-electron chi connectivity index (χ4n) is 2.86. The van der Waals surface area contributed by atoms with Crippen LogP contribution in [0.1, 0.15) is 32.6 Å². The lowest BCUT2D eigenvalue weighted by molar-refractivity contribution is -0.387. The minimum atomic E-state index is -0.970. The Morgan fingerprint density at radius 1 is 1.35 bits per heavy atom. The summed E-state index contributed by atoms with van der Waals surface area (Å²) in [6.45, 7) is 1.33. The van der Waals surface area contributed by atoms with E-state index in [1.54, 1.807) is 0 Å². The van der Waals surface area contributed by atoms with Gasteiger partial charge in [-0.15, -0.1) is 0 Å². The third-order valence-electron chi connectivity index (χ3n) is 3.92. The van der Waals surface area contributed by atoms with Crippen molar-refractivity contribution >= 4 is 23.2 Å². The van der Waals surface area contributed by atoms with E-state index in [4.69, 9.17) is 0 Å². The molecular weight excluding hydrogens is 305 g/mol. The number of rotatable bonds is 5. The Morgan fingerprint density at radius 3 is 2.57 bits per heavy atom. The van der Waals surface area contributed by atoms with E-state index in [0.29, 0.717) is 0 Å². The van der Waals surface area contributed by atoms with Crippen LogP contribution in [0.3, 0.4) is 0 Å². The lowest BCUT2D eigenvalue weighted by atomic mass is 9.97. The maximum absolute atomic E-state index is 13.3. The number of nitro groups is 1. The highest BCUT2D eigenvalue weighted by atomic mass is 19.1. The van der Waals surface area contributed by atoms with Gasteiger partial charge in [-0.25, -0.2) is 0 Å². The van der Waals surface area contributed by atoms with E-state index < -0.39 is 28.4 Å². The summed E-state index contributed by atoms with van der Waals surface area (Å²) in [5, 5.41) is 15.9. The highest BCUT2D eigenvalue weighted by Gasteiger charge is 2.31. The molecule has 8 heteroatoms. The van der Waals surface area contributed by atoms with E-state index in [0.717, 1.165) is 37.8 Å². The average Bonchev–Trinajstić information content (AvgIpc) is 3.00. The molecule has 1 aliphatic rings. The number of halogens is 1. The van der Waals surface area contributed by atoms with E-state index in [9.17, 15) is 24.1 Å². The normalized spacial score (nSPS) is 15.9. The molecule has 1 saturated carbocycles. The highest BCUT2D eigenvalue weighted by Crippen LogP contribution is 2.29. The van der Waals surface area contributed by atoms with Crippen molar-refractivity contribution in [2.24, 2.45) is 5.92 Å². The van der Waals surface area contributed by atoms with Crippen LogP contribution in [0.4, 0.5) is 15.8 Å². The fourth-order valence-corrected chi connectivity index (χ4v) is 2.86. The van der Waals surface area contributed by atoms with Crippen molar-refractivity contribution in [3.05, 3.63) is 34.1 Å². The van der Waals surface area contributed by atoms with Crippen LogP contribution in [0.2, 0.25) is 0 Å². The number of carbonyl (C=O) groups is 2. The maximum Gasteiger partial charge on any atom is 0.306 e. The number of nitrogens with zero attached hydrogens (tertiary/aromatic N) is 1. The summed E-state index contributed by atoms with van der Waals surface area (Å²) >= 11 is 0. The summed E-state index contributed by atoms with van der Waals surface area (Å²) in [5.41, 5.74) is -0.587. The SMILES string of the molecule is CC(=O)NC(C(=O)Nc1ccc(F)c([N+](=O)[O-])c1)C1CCCC1. The zero-order chi connectivity index (χ0) is 17.0. The molecule has 1 atom stereocenters. The fraction of sp³-hybridized carbons (Fsp3) is 0.467. The van der Waals surface area contributed by atoms with Crippen LogP contribution in [0.15, 0.2) is 18.2 Å². The first kappa shape index (κ1) is 16.9. The molecule has 23 heavy (non-hydrogen) atoms. The number of hydrogen-bond acceptors (Lipinski definition) is 4. The van der Waals surface area contributed by atoms with Crippen molar-refractivity contribution in [1.82, 2.24) is 5.32 Å². The predicted octanol–water partition coefficient (Wildman–Crippen LogP) is 2.37. The van der Waals surface area contributed by atoms with Crippen LogP contribution in [0, 0.1) is 21.8 Å². The molecule has 0 aromatic heterocycles. The third kappa shape index (κ3) is 4.24. The number of nitrogens with one attached hydrogen (secondary N) is 2. The van der Waals surface area contributed by atoms with Crippen LogP contribution in [-0.4, -0.2) is 22.8 Å². The smallest absolute Gasteiger partial charge is 0.306 e. The number of benzene rings is 1. The quantitative estimate of drug-likeness (QED) is 0.641. The van der Waals surface area contributed by atoms with Gasteiger partial charge in [-0.3, -0.25) is 19.7 Å². The van der Waals surface area contributed by atoms with Crippen molar-refractivity contribution in [3.63, 3.8) is 0 Å². The van der Waals surface area contributed by atoms with E-state index in [1.807, 2.05) is 0 Å². The van der Waals surface area contributed by atoms with Crippen molar-refractivity contribution in [2.45, 2.75) is 38.6 Å². The van der Waals surface area contributed by atoms with Crippen molar-refractivity contribution in [2.75, 3.05) is 5.32 Å². The Morgan fingerprint density at radius 2 is 2.00 bits per heavy atom. The second-order valence-electron chi connectivity index (χ2n) is 5.64. The van der Waals surface area contributed by atoms with Crippen LogP contribution in [0.25, 0.3) is 0 Å². The van der Waals surface area contributed by atoms with Gasteiger partial charge in [0.1, 0.15) is 6.04 Å². The van der Waals surface area contributed by atoms with Gasteiger partial charge in [0.2, 0.25) is 17.6 Å². The molecule has 0 saturated heterocycles. The van der Waals surface area contributed by atoms with Crippen molar-refractivity contribution < 1.29 is 18.9 Å². The summed E-state index contributed by atoms with van der Waals surface area (Å²) in [4.78, 5) is 33.6. The molecule has 0 bridgehead atoms. The molecule has 1 aromatic rings. The van der Waals surface area contributed by atoms with Gasteiger partial charge in [-0.1, -0.05) is 12.8 Å². The molecule has 2 N–H and O–H groups in total. The molecule has 2 rings (SSSR count). The Balaban J connectivity index is 2.16.